The number of hydrogen-bond acceptors (Lipinski definition) is 14. The maximum absolute atomic E-state index is 14.4. The van der Waals surface area contributed by atoms with Gasteiger partial charge in [-0.1, -0.05) is 71.1 Å². The number of piperidine rings is 1. The van der Waals surface area contributed by atoms with Crippen LogP contribution in [0.3, 0.4) is 0 Å². The average Bonchev–Trinajstić information content (AvgIpc) is 3.30. The summed E-state index contributed by atoms with van der Waals surface area (Å²) in [6.45, 7) is 12.1. The summed E-state index contributed by atoms with van der Waals surface area (Å²) in [7, 11) is 4.41. The predicted octanol–water partition coefficient (Wildman–Crippen LogP) is 5.15. The quantitative estimate of drug-likeness (QED) is 0.154. The van der Waals surface area contributed by atoms with Crippen molar-refractivity contribution < 1.29 is 68.1 Å². The molecular formula is C51H79NO14. The molecule has 3 fully saturated rings. The highest BCUT2D eigenvalue weighted by Crippen LogP contribution is 2.38. The highest BCUT2D eigenvalue weighted by Gasteiger charge is 2.53. The number of aliphatic hydroxyl groups excluding tert-OH is 3. The number of cyclic esters (lactones) is 1. The van der Waals surface area contributed by atoms with E-state index in [1.165, 1.54) is 12.0 Å². The second-order valence-corrected chi connectivity index (χ2v) is 19.6. The molecule has 0 aromatic heterocycles. The Morgan fingerprint density at radius 3 is 2.23 bits per heavy atom. The zero-order valence-corrected chi connectivity index (χ0v) is 40.9. The molecular weight excluding hydrogens is 851 g/mol. The SMILES string of the molecule is CO[C@H]1C[C@@H]2CC[C@@H](C)[C@@](O)(O2)C(=O)C(=O)N2CCCC[C@H]2C(=O)O[C@H]([C@H](C)C[C@@H]2CC[C@@H](O)[C@H](OC)C2)CC(=O)[C@H](C)/C=C(\C)[C@@H](O)[C@@H](OC)C(=O)[C@H](C)C(O)[C@H](C)/C=C/C=C/C=C/1C. The summed E-state index contributed by atoms with van der Waals surface area (Å²) in [6.07, 6.45) is 8.21. The van der Waals surface area contributed by atoms with E-state index in [0.29, 0.717) is 56.9 Å². The van der Waals surface area contributed by atoms with Crippen molar-refractivity contribution in [2.24, 2.45) is 35.5 Å². The number of Topliss-reactive ketones (excluding diaryl/α,β-unsaturated/α-hetero) is 3. The molecule has 66 heavy (non-hydrogen) atoms. The van der Waals surface area contributed by atoms with Crippen LogP contribution in [-0.2, 0) is 47.7 Å². The first-order valence-corrected chi connectivity index (χ1v) is 24.0. The van der Waals surface area contributed by atoms with E-state index in [1.54, 1.807) is 79.2 Å². The Labute approximate surface area is 392 Å². The molecule has 2 bridgehead atoms. The number of carbonyl (C=O) groups is 5. The van der Waals surface area contributed by atoms with E-state index in [1.807, 2.05) is 19.9 Å². The van der Waals surface area contributed by atoms with E-state index in [0.717, 1.165) is 5.57 Å². The van der Waals surface area contributed by atoms with Crippen LogP contribution in [-0.4, -0.2) is 143 Å². The van der Waals surface area contributed by atoms with Gasteiger partial charge in [0.15, 0.2) is 5.78 Å². The van der Waals surface area contributed by atoms with Crippen molar-refractivity contribution >= 4 is 29.2 Å². The number of amides is 1. The molecule has 372 valence electrons. The van der Waals surface area contributed by atoms with Crippen LogP contribution in [0.4, 0.5) is 0 Å². The summed E-state index contributed by atoms with van der Waals surface area (Å²) in [4.78, 5) is 71.8. The lowest BCUT2D eigenvalue weighted by atomic mass is 9.78. The van der Waals surface area contributed by atoms with Gasteiger partial charge in [-0.05, 0) is 94.6 Å². The van der Waals surface area contributed by atoms with Crippen LogP contribution in [0.15, 0.2) is 47.6 Å². The summed E-state index contributed by atoms with van der Waals surface area (Å²) < 4.78 is 29.2. The third-order valence-corrected chi connectivity index (χ3v) is 14.7. The molecule has 2 saturated heterocycles. The summed E-state index contributed by atoms with van der Waals surface area (Å²) in [5.41, 5.74) is 1.13. The fourth-order valence-corrected chi connectivity index (χ4v) is 10.1. The first-order chi connectivity index (χ1) is 31.2. The molecule has 4 rings (SSSR count). The largest absolute Gasteiger partial charge is 0.460 e. The Bertz CT molecular complexity index is 1790. The van der Waals surface area contributed by atoms with Crippen molar-refractivity contribution in [1.29, 1.82) is 0 Å². The van der Waals surface area contributed by atoms with Crippen molar-refractivity contribution in [2.75, 3.05) is 27.9 Å². The van der Waals surface area contributed by atoms with E-state index < -0.39 is 102 Å². The third-order valence-electron chi connectivity index (χ3n) is 14.7. The molecule has 4 aliphatic rings. The topological polar surface area (TPSA) is 216 Å². The van der Waals surface area contributed by atoms with Crippen LogP contribution in [0.5, 0.6) is 0 Å². The zero-order valence-electron chi connectivity index (χ0n) is 40.9. The van der Waals surface area contributed by atoms with E-state index >= 15 is 0 Å². The number of carbonyl (C=O) groups excluding carboxylic acids is 5. The lowest BCUT2D eigenvalue weighted by Crippen LogP contribution is -2.61. The van der Waals surface area contributed by atoms with E-state index in [4.69, 9.17) is 23.7 Å². The van der Waals surface area contributed by atoms with Crippen molar-refractivity contribution in [3.63, 3.8) is 0 Å². The molecule has 3 heterocycles. The van der Waals surface area contributed by atoms with Gasteiger partial charge in [0, 0.05) is 64.4 Å². The van der Waals surface area contributed by atoms with Gasteiger partial charge in [0.2, 0.25) is 5.79 Å². The smallest absolute Gasteiger partial charge is 0.329 e. The van der Waals surface area contributed by atoms with E-state index in [2.05, 4.69) is 0 Å². The number of esters is 1. The van der Waals surface area contributed by atoms with Crippen LogP contribution in [0.1, 0.15) is 119 Å². The molecule has 1 amide bonds. The third kappa shape index (κ3) is 13.9. The van der Waals surface area contributed by atoms with Crippen molar-refractivity contribution in [2.45, 2.75) is 180 Å². The molecule has 0 aromatic rings. The lowest BCUT2D eigenvalue weighted by molar-refractivity contribution is -0.265. The first kappa shape index (κ1) is 55.2. The second kappa shape index (κ2) is 25.3. The maximum Gasteiger partial charge on any atom is 0.329 e. The van der Waals surface area contributed by atoms with Crippen LogP contribution >= 0.6 is 0 Å². The Morgan fingerprint density at radius 2 is 1.56 bits per heavy atom. The van der Waals surface area contributed by atoms with E-state index in [-0.39, 0.29) is 49.5 Å². The summed E-state index contributed by atoms with van der Waals surface area (Å²) in [5, 5.41) is 45.1. The molecule has 4 N–H and O–H groups in total. The average molecular weight is 930 g/mol. The molecule has 0 radical (unpaired) electrons. The number of allylic oxidation sites excluding steroid dienone is 5. The van der Waals surface area contributed by atoms with Crippen LogP contribution < -0.4 is 0 Å². The minimum absolute atomic E-state index is 0.0731. The number of rotatable bonds is 6. The Kier molecular flexibility index (Phi) is 21.1. The number of nitrogens with zero attached hydrogens (tertiary/aromatic N) is 1. The van der Waals surface area contributed by atoms with Crippen molar-refractivity contribution in [1.82, 2.24) is 4.90 Å². The van der Waals surface area contributed by atoms with Gasteiger partial charge in [-0.3, -0.25) is 19.2 Å². The molecule has 0 aromatic carbocycles. The fourth-order valence-electron chi connectivity index (χ4n) is 10.1. The number of hydrogen-bond donors (Lipinski definition) is 4. The minimum Gasteiger partial charge on any atom is -0.460 e. The number of methoxy groups -OCH3 is 3. The molecule has 16 atom stereocenters. The zero-order chi connectivity index (χ0) is 49.0. The van der Waals surface area contributed by atoms with Gasteiger partial charge in [0.25, 0.3) is 11.7 Å². The van der Waals surface area contributed by atoms with Crippen molar-refractivity contribution in [3.8, 4) is 0 Å². The van der Waals surface area contributed by atoms with Crippen LogP contribution in [0.25, 0.3) is 0 Å². The van der Waals surface area contributed by atoms with Gasteiger partial charge in [-0.15, -0.1) is 0 Å². The monoisotopic (exact) mass is 930 g/mol. The standard InChI is InChI=1S/C51H79NO14/c1-29-16-12-11-13-17-30(2)44(55)35(7)46(57)47(64-10)45(56)33(5)24-31(3)40(54)28-42(32(4)25-36-20-22-39(53)43(26-36)63-9)65-50(60)38-18-14-15-23-52(38)49(59)48(58)51(61)34(6)19-21-37(66-51)27-41(29)62-8/h11-13,16-17,24,30-32,34-39,41-45,47,53,55-56,61H,14-15,18-23,25-28H2,1-10H3/b12-11+,17-13+,29-16+,33-24+/t30-,31-,32-,34-,35-,36+,37+,38+,39-,41+,42+,43-,44?,45-,47-,51-/m1/s1. The maximum atomic E-state index is 14.4. The first-order valence-electron chi connectivity index (χ1n) is 24.0. The van der Waals surface area contributed by atoms with Gasteiger partial charge in [-0.25, -0.2) is 4.79 Å². The number of aliphatic hydroxyl groups is 4. The highest BCUT2D eigenvalue weighted by molar-refractivity contribution is 6.39. The summed E-state index contributed by atoms with van der Waals surface area (Å²) >= 11 is 0. The van der Waals surface area contributed by atoms with Gasteiger partial charge < -0.3 is 49.0 Å². The Balaban J connectivity index is 1.72. The van der Waals surface area contributed by atoms with Gasteiger partial charge in [-0.2, -0.15) is 0 Å². The van der Waals surface area contributed by atoms with Gasteiger partial charge in [0.05, 0.1) is 30.5 Å². The number of fused-ring (bicyclic) bond motifs is 3. The molecule has 1 unspecified atom stereocenters. The Hall–Kier alpha value is -3.41. The summed E-state index contributed by atoms with van der Waals surface area (Å²) in [6, 6.07) is -1.16. The van der Waals surface area contributed by atoms with Gasteiger partial charge in [0.1, 0.15) is 30.1 Å². The minimum atomic E-state index is -2.45. The van der Waals surface area contributed by atoms with E-state index in [9.17, 15) is 44.4 Å². The molecule has 15 heteroatoms. The normalized spacial score (nSPS) is 41.1. The lowest BCUT2D eigenvalue weighted by Gasteiger charge is -2.42. The number of ketones is 3. The van der Waals surface area contributed by atoms with Crippen LogP contribution in [0, 0.1) is 35.5 Å². The van der Waals surface area contributed by atoms with Crippen molar-refractivity contribution in [3.05, 3.63) is 47.6 Å². The number of ether oxygens (including phenoxy) is 5. The highest BCUT2D eigenvalue weighted by atomic mass is 16.6. The fraction of sp³-hybridized carbons (Fsp3) is 0.745. The molecule has 1 aliphatic carbocycles. The Morgan fingerprint density at radius 1 is 0.848 bits per heavy atom. The summed E-state index contributed by atoms with van der Waals surface area (Å²) in [5.74, 6) is -9.41. The molecule has 3 aliphatic heterocycles. The predicted molar refractivity (Wildman–Crippen MR) is 247 cm³/mol. The second-order valence-electron chi connectivity index (χ2n) is 19.6. The molecule has 15 nitrogen and oxygen atoms in total. The van der Waals surface area contributed by atoms with Gasteiger partial charge >= 0.3 is 5.97 Å². The molecule has 0 spiro atoms. The molecule has 1 saturated carbocycles. The van der Waals surface area contributed by atoms with Crippen LogP contribution in [0.2, 0.25) is 0 Å².